The third kappa shape index (κ3) is 1.57. The zero-order chi connectivity index (χ0) is 7.52. The van der Waals surface area contributed by atoms with Gasteiger partial charge in [-0.1, -0.05) is 6.07 Å². The number of hydrogen-bond donors (Lipinski definition) is 1. The van der Waals surface area contributed by atoms with E-state index in [1.165, 1.54) is 5.69 Å². The van der Waals surface area contributed by atoms with Gasteiger partial charge in [-0.3, -0.25) is 4.98 Å². The lowest BCUT2D eigenvalue weighted by Crippen LogP contribution is -2.43. The number of hydrogen-bond acceptors (Lipinski definition) is 2. The first-order valence-corrected chi connectivity index (χ1v) is 4.06. The van der Waals surface area contributed by atoms with Gasteiger partial charge in [0.15, 0.2) is 0 Å². The minimum absolute atomic E-state index is 0.824. The van der Waals surface area contributed by atoms with E-state index in [2.05, 4.69) is 22.4 Å². The Kier molecular flexibility index (Phi) is 1.86. The highest BCUT2D eigenvalue weighted by Crippen LogP contribution is 2.09. The third-order valence-corrected chi connectivity index (χ3v) is 2.09. The van der Waals surface area contributed by atoms with Crippen LogP contribution in [0.25, 0.3) is 0 Å². The first kappa shape index (κ1) is 6.80. The largest absolute Gasteiger partial charge is 0.316 e. The van der Waals surface area contributed by atoms with Gasteiger partial charge >= 0.3 is 0 Å². The lowest BCUT2D eigenvalue weighted by molar-refractivity contribution is 0.344. The Bertz CT molecular complexity index is 216. The first-order chi connectivity index (χ1) is 5.45. The van der Waals surface area contributed by atoms with Crippen molar-refractivity contribution in [2.45, 2.75) is 6.42 Å². The normalized spacial score (nSPS) is 17.8. The van der Waals surface area contributed by atoms with Crippen LogP contribution in [0.15, 0.2) is 24.4 Å². The minimum Gasteiger partial charge on any atom is -0.316 e. The zero-order valence-corrected chi connectivity index (χ0v) is 6.46. The Labute approximate surface area is 66.7 Å². The summed E-state index contributed by atoms with van der Waals surface area (Å²) in [5.74, 6) is 0.824. The number of nitrogens with zero attached hydrogens (tertiary/aromatic N) is 1. The van der Waals surface area contributed by atoms with E-state index >= 15 is 0 Å². The van der Waals surface area contributed by atoms with Gasteiger partial charge in [0.2, 0.25) is 0 Å². The van der Waals surface area contributed by atoms with Crippen molar-refractivity contribution in [1.82, 2.24) is 10.3 Å². The van der Waals surface area contributed by atoms with Crippen molar-refractivity contribution in [1.29, 1.82) is 0 Å². The van der Waals surface area contributed by atoms with Crippen molar-refractivity contribution < 1.29 is 0 Å². The molecule has 0 amide bonds. The maximum Gasteiger partial charge on any atom is 0.0407 e. The molecule has 0 atom stereocenters. The van der Waals surface area contributed by atoms with Crippen LogP contribution >= 0.6 is 0 Å². The molecule has 1 aromatic heterocycles. The van der Waals surface area contributed by atoms with E-state index in [9.17, 15) is 0 Å². The van der Waals surface area contributed by atoms with Crippen molar-refractivity contribution in [3.8, 4) is 0 Å². The fourth-order valence-corrected chi connectivity index (χ4v) is 1.31. The van der Waals surface area contributed by atoms with E-state index < -0.39 is 0 Å². The van der Waals surface area contributed by atoms with Crippen LogP contribution in [-0.2, 0) is 6.42 Å². The van der Waals surface area contributed by atoms with Crippen molar-refractivity contribution in [3.05, 3.63) is 30.1 Å². The molecule has 1 aliphatic rings. The van der Waals surface area contributed by atoms with Gasteiger partial charge in [-0.25, -0.2) is 0 Å². The van der Waals surface area contributed by atoms with Gasteiger partial charge in [0.05, 0.1) is 0 Å². The zero-order valence-electron chi connectivity index (χ0n) is 6.46. The maximum absolute atomic E-state index is 4.27. The average Bonchev–Trinajstić information content (AvgIpc) is 1.99. The molecule has 2 nitrogen and oxygen atoms in total. The van der Waals surface area contributed by atoms with Crippen LogP contribution in [-0.4, -0.2) is 18.1 Å². The summed E-state index contributed by atoms with van der Waals surface area (Å²) in [4.78, 5) is 4.27. The molecule has 1 fully saturated rings. The third-order valence-electron chi connectivity index (χ3n) is 2.09. The molecular weight excluding hydrogens is 136 g/mol. The standard InChI is InChI=1S/C9H12N2/c1-2-4-11-9(3-1)5-8-6-10-7-8/h1-4,8,10H,5-7H2. The van der Waals surface area contributed by atoms with Gasteiger partial charge in [-0.05, 0) is 37.6 Å². The van der Waals surface area contributed by atoms with Crippen LogP contribution in [0.2, 0.25) is 0 Å². The lowest BCUT2D eigenvalue weighted by Gasteiger charge is -2.26. The van der Waals surface area contributed by atoms with Crippen LogP contribution in [0.1, 0.15) is 5.69 Å². The van der Waals surface area contributed by atoms with Crippen LogP contribution in [0.4, 0.5) is 0 Å². The summed E-state index contributed by atoms with van der Waals surface area (Å²) in [6.07, 6.45) is 3.00. The summed E-state index contributed by atoms with van der Waals surface area (Å²) >= 11 is 0. The molecule has 0 spiro atoms. The second-order valence-corrected chi connectivity index (χ2v) is 3.05. The molecule has 0 unspecified atom stereocenters. The molecule has 58 valence electrons. The molecule has 1 aromatic rings. The molecule has 1 saturated heterocycles. The molecule has 11 heavy (non-hydrogen) atoms. The number of aromatic nitrogens is 1. The van der Waals surface area contributed by atoms with Crippen LogP contribution < -0.4 is 5.32 Å². The Balaban J connectivity index is 1.95. The highest BCUT2D eigenvalue weighted by molar-refractivity contribution is 5.05. The van der Waals surface area contributed by atoms with Crippen molar-refractivity contribution in [2.24, 2.45) is 5.92 Å². The second kappa shape index (κ2) is 3.01. The summed E-state index contributed by atoms with van der Waals surface area (Å²) in [5.41, 5.74) is 1.22. The van der Waals surface area contributed by atoms with E-state index in [4.69, 9.17) is 0 Å². The molecule has 0 aromatic carbocycles. The van der Waals surface area contributed by atoms with E-state index in [1.807, 2.05) is 12.3 Å². The molecule has 2 heteroatoms. The Morgan fingerprint density at radius 2 is 2.36 bits per heavy atom. The van der Waals surface area contributed by atoms with Gasteiger partial charge < -0.3 is 5.32 Å². The molecule has 2 heterocycles. The maximum atomic E-state index is 4.27. The number of rotatable bonds is 2. The van der Waals surface area contributed by atoms with Gasteiger partial charge in [-0.15, -0.1) is 0 Å². The van der Waals surface area contributed by atoms with Crippen molar-refractivity contribution in [2.75, 3.05) is 13.1 Å². The van der Waals surface area contributed by atoms with Crippen LogP contribution in [0.5, 0.6) is 0 Å². The number of pyridine rings is 1. The lowest BCUT2D eigenvalue weighted by atomic mass is 9.97. The molecular formula is C9H12N2. The average molecular weight is 148 g/mol. The van der Waals surface area contributed by atoms with Crippen molar-refractivity contribution >= 4 is 0 Å². The van der Waals surface area contributed by atoms with Crippen molar-refractivity contribution in [3.63, 3.8) is 0 Å². The second-order valence-electron chi connectivity index (χ2n) is 3.05. The van der Waals surface area contributed by atoms with Gasteiger partial charge in [-0.2, -0.15) is 0 Å². The molecule has 0 radical (unpaired) electrons. The topological polar surface area (TPSA) is 24.9 Å². The summed E-state index contributed by atoms with van der Waals surface area (Å²) in [6, 6.07) is 6.11. The minimum atomic E-state index is 0.824. The van der Waals surface area contributed by atoms with Crippen LogP contribution in [0.3, 0.4) is 0 Å². The monoisotopic (exact) mass is 148 g/mol. The quantitative estimate of drug-likeness (QED) is 0.672. The highest BCUT2D eigenvalue weighted by Gasteiger charge is 2.16. The molecule has 0 saturated carbocycles. The van der Waals surface area contributed by atoms with Gasteiger partial charge in [0, 0.05) is 11.9 Å². The van der Waals surface area contributed by atoms with Crippen LogP contribution in [0, 0.1) is 5.92 Å². The molecule has 2 rings (SSSR count). The van der Waals surface area contributed by atoms with Gasteiger partial charge in [0.1, 0.15) is 0 Å². The smallest absolute Gasteiger partial charge is 0.0407 e. The summed E-state index contributed by atoms with van der Waals surface area (Å²) in [7, 11) is 0. The van der Waals surface area contributed by atoms with E-state index in [1.54, 1.807) is 0 Å². The van der Waals surface area contributed by atoms with Gasteiger partial charge in [0.25, 0.3) is 0 Å². The fraction of sp³-hybridized carbons (Fsp3) is 0.444. The van der Waals surface area contributed by atoms with E-state index in [0.29, 0.717) is 0 Å². The summed E-state index contributed by atoms with van der Waals surface area (Å²) < 4.78 is 0. The highest BCUT2D eigenvalue weighted by atomic mass is 14.9. The number of nitrogens with one attached hydrogen (secondary N) is 1. The van der Waals surface area contributed by atoms with E-state index in [0.717, 1.165) is 25.4 Å². The Morgan fingerprint density at radius 1 is 1.45 bits per heavy atom. The predicted molar refractivity (Wildman–Crippen MR) is 44.3 cm³/mol. The molecule has 1 N–H and O–H groups in total. The summed E-state index contributed by atoms with van der Waals surface area (Å²) in [5, 5.41) is 3.25. The predicted octanol–water partition coefficient (Wildman–Crippen LogP) is 0.843. The Morgan fingerprint density at radius 3 is 2.91 bits per heavy atom. The first-order valence-electron chi connectivity index (χ1n) is 4.06. The molecule has 0 bridgehead atoms. The fourth-order valence-electron chi connectivity index (χ4n) is 1.31. The Hall–Kier alpha value is -0.890. The molecule has 1 aliphatic heterocycles. The summed E-state index contributed by atoms with van der Waals surface area (Å²) in [6.45, 7) is 2.33. The van der Waals surface area contributed by atoms with E-state index in [-0.39, 0.29) is 0 Å². The SMILES string of the molecule is c1ccc(CC2CNC2)nc1. The molecule has 0 aliphatic carbocycles.